The highest BCUT2D eigenvalue weighted by Gasteiger charge is 2.31. The normalized spacial score (nSPS) is 25.7. The Kier molecular flexibility index (Phi) is 4.93. The highest BCUT2D eigenvalue weighted by atomic mass is 16.5. The largest absolute Gasteiger partial charge is 0.373 e. The van der Waals surface area contributed by atoms with E-state index in [2.05, 4.69) is 24.0 Å². The van der Waals surface area contributed by atoms with Crippen molar-refractivity contribution in [1.29, 1.82) is 0 Å². The van der Waals surface area contributed by atoms with E-state index in [9.17, 15) is 0 Å². The van der Waals surface area contributed by atoms with Crippen LogP contribution in [0.15, 0.2) is 4.52 Å². The van der Waals surface area contributed by atoms with Crippen LogP contribution in [-0.4, -0.2) is 23.8 Å². The molecule has 5 nitrogen and oxygen atoms in total. The molecule has 2 rings (SSSR count). The molecule has 5 heteroatoms. The Morgan fingerprint density at radius 2 is 2.11 bits per heavy atom. The molecule has 0 amide bonds. The molecule has 0 saturated heterocycles. The molecule has 19 heavy (non-hydrogen) atoms. The Morgan fingerprint density at radius 1 is 1.37 bits per heavy atom. The minimum absolute atomic E-state index is 0.0996. The number of ether oxygens (including phenoxy) is 1. The molecular formula is C14H25N3O2. The monoisotopic (exact) mass is 267 g/mol. The fraction of sp³-hybridized carbons (Fsp3) is 0.857. The number of hydrogen-bond donors (Lipinski definition) is 1. The summed E-state index contributed by atoms with van der Waals surface area (Å²) in [7, 11) is 1.68. The first-order chi connectivity index (χ1) is 9.17. The van der Waals surface area contributed by atoms with Gasteiger partial charge >= 0.3 is 0 Å². The first kappa shape index (κ1) is 14.5. The molecule has 1 fully saturated rings. The van der Waals surface area contributed by atoms with E-state index in [1.165, 1.54) is 12.8 Å². The van der Waals surface area contributed by atoms with Crippen molar-refractivity contribution in [2.75, 3.05) is 13.7 Å². The zero-order valence-electron chi connectivity index (χ0n) is 12.1. The van der Waals surface area contributed by atoms with Gasteiger partial charge < -0.3 is 15.0 Å². The lowest BCUT2D eigenvalue weighted by molar-refractivity contribution is 0.0555. The summed E-state index contributed by atoms with van der Waals surface area (Å²) in [6, 6.07) is 0. The standard InChI is InChI=1S/C14H25N3O2/c1-9(2)12(18-3)13-16-14(19-17-13)11-7-5-4-6-10(11)8-15/h9-12H,4-8,15H2,1-3H3. The molecule has 1 saturated carbocycles. The minimum atomic E-state index is -0.0996. The molecule has 3 atom stereocenters. The Balaban J connectivity index is 2.15. The third kappa shape index (κ3) is 3.15. The van der Waals surface area contributed by atoms with Crippen molar-refractivity contribution in [3.63, 3.8) is 0 Å². The lowest BCUT2D eigenvalue weighted by Crippen LogP contribution is -2.25. The summed E-state index contributed by atoms with van der Waals surface area (Å²) in [5.41, 5.74) is 5.86. The fourth-order valence-electron chi connectivity index (χ4n) is 3.00. The van der Waals surface area contributed by atoms with Gasteiger partial charge in [-0.1, -0.05) is 31.8 Å². The van der Waals surface area contributed by atoms with Crippen LogP contribution in [0.5, 0.6) is 0 Å². The van der Waals surface area contributed by atoms with Gasteiger partial charge in [-0.15, -0.1) is 0 Å². The zero-order chi connectivity index (χ0) is 13.8. The van der Waals surface area contributed by atoms with Crippen LogP contribution >= 0.6 is 0 Å². The van der Waals surface area contributed by atoms with Gasteiger partial charge in [-0.05, 0) is 31.2 Å². The molecule has 0 aliphatic heterocycles. The Labute approximate surface area is 114 Å². The molecule has 0 aromatic carbocycles. The van der Waals surface area contributed by atoms with Gasteiger partial charge in [-0.25, -0.2) is 0 Å². The molecule has 1 aliphatic rings. The van der Waals surface area contributed by atoms with Crippen LogP contribution in [0.4, 0.5) is 0 Å². The molecule has 0 bridgehead atoms. The van der Waals surface area contributed by atoms with Crippen LogP contribution in [0, 0.1) is 11.8 Å². The van der Waals surface area contributed by atoms with Gasteiger partial charge in [0.1, 0.15) is 6.10 Å². The summed E-state index contributed by atoms with van der Waals surface area (Å²) in [5.74, 6) is 2.53. The van der Waals surface area contributed by atoms with Crippen LogP contribution in [0.1, 0.15) is 63.3 Å². The van der Waals surface area contributed by atoms with Gasteiger partial charge in [-0.2, -0.15) is 4.98 Å². The molecule has 3 unspecified atom stereocenters. The van der Waals surface area contributed by atoms with Crippen molar-refractivity contribution in [3.8, 4) is 0 Å². The van der Waals surface area contributed by atoms with E-state index in [-0.39, 0.29) is 6.10 Å². The SMILES string of the molecule is COC(c1noc(C2CCCCC2CN)n1)C(C)C. The van der Waals surface area contributed by atoms with Crippen molar-refractivity contribution in [2.45, 2.75) is 51.6 Å². The van der Waals surface area contributed by atoms with Gasteiger partial charge in [0.2, 0.25) is 11.7 Å². The molecule has 2 N–H and O–H groups in total. The topological polar surface area (TPSA) is 74.2 Å². The number of rotatable bonds is 5. The fourth-order valence-corrected chi connectivity index (χ4v) is 3.00. The van der Waals surface area contributed by atoms with Gasteiger partial charge in [0, 0.05) is 13.0 Å². The second kappa shape index (κ2) is 6.48. The van der Waals surface area contributed by atoms with Crippen LogP contribution in [-0.2, 0) is 4.74 Å². The smallest absolute Gasteiger partial charge is 0.230 e. The van der Waals surface area contributed by atoms with Gasteiger partial charge in [-0.3, -0.25) is 0 Å². The third-order valence-corrected chi connectivity index (χ3v) is 4.10. The van der Waals surface area contributed by atoms with Crippen molar-refractivity contribution in [2.24, 2.45) is 17.6 Å². The highest BCUT2D eigenvalue weighted by molar-refractivity contribution is 5.01. The maximum Gasteiger partial charge on any atom is 0.230 e. The number of aromatic nitrogens is 2. The Bertz CT molecular complexity index is 392. The molecule has 1 aromatic heterocycles. The molecule has 108 valence electrons. The van der Waals surface area contributed by atoms with E-state index in [1.807, 2.05) is 0 Å². The molecule has 1 aliphatic carbocycles. The van der Waals surface area contributed by atoms with Crippen molar-refractivity contribution >= 4 is 0 Å². The van der Waals surface area contributed by atoms with Crippen LogP contribution in [0.2, 0.25) is 0 Å². The van der Waals surface area contributed by atoms with E-state index in [0.29, 0.717) is 30.1 Å². The third-order valence-electron chi connectivity index (χ3n) is 4.10. The summed E-state index contributed by atoms with van der Waals surface area (Å²) < 4.78 is 10.9. The van der Waals surface area contributed by atoms with Crippen molar-refractivity contribution in [1.82, 2.24) is 10.1 Å². The average molecular weight is 267 g/mol. The van der Waals surface area contributed by atoms with Gasteiger partial charge in [0.15, 0.2) is 0 Å². The van der Waals surface area contributed by atoms with Gasteiger partial charge in [0.25, 0.3) is 0 Å². The van der Waals surface area contributed by atoms with E-state index in [1.54, 1.807) is 7.11 Å². The molecule has 1 heterocycles. The summed E-state index contributed by atoms with van der Waals surface area (Å²) in [6.07, 6.45) is 4.64. The lowest BCUT2D eigenvalue weighted by atomic mass is 9.79. The van der Waals surface area contributed by atoms with E-state index in [4.69, 9.17) is 15.0 Å². The van der Waals surface area contributed by atoms with Crippen LogP contribution in [0.3, 0.4) is 0 Å². The molecular weight excluding hydrogens is 242 g/mol. The quantitative estimate of drug-likeness (QED) is 0.887. The molecule has 1 aromatic rings. The summed E-state index contributed by atoms with van der Waals surface area (Å²) >= 11 is 0. The maximum atomic E-state index is 5.86. The summed E-state index contributed by atoms with van der Waals surface area (Å²) in [4.78, 5) is 4.57. The van der Waals surface area contributed by atoms with Crippen molar-refractivity contribution < 1.29 is 9.26 Å². The Hall–Kier alpha value is -0.940. The first-order valence-electron chi connectivity index (χ1n) is 7.23. The second-order valence-electron chi connectivity index (χ2n) is 5.78. The van der Waals surface area contributed by atoms with Crippen LogP contribution < -0.4 is 5.73 Å². The lowest BCUT2D eigenvalue weighted by Gasteiger charge is -2.27. The van der Waals surface area contributed by atoms with Gasteiger partial charge in [0.05, 0.1) is 0 Å². The predicted octanol–water partition coefficient (Wildman–Crippen LogP) is 2.65. The average Bonchev–Trinajstić information content (AvgIpc) is 2.88. The Morgan fingerprint density at radius 3 is 2.74 bits per heavy atom. The molecule has 0 spiro atoms. The van der Waals surface area contributed by atoms with Crippen molar-refractivity contribution in [3.05, 3.63) is 11.7 Å². The minimum Gasteiger partial charge on any atom is -0.373 e. The summed E-state index contributed by atoms with van der Waals surface area (Å²) in [6.45, 7) is 4.88. The predicted molar refractivity (Wildman–Crippen MR) is 72.6 cm³/mol. The number of nitrogens with zero attached hydrogens (tertiary/aromatic N) is 2. The number of nitrogens with two attached hydrogens (primary N) is 1. The maximum absolute atomic E-state index is 5.86. The highest BCUT2D eigenvalue weighted by Crippen LogP contribution is 2.37. The van der Waals surface area contributed by atoms with E-state index in [0.717, 1.165) is 18.7 Å². The van der Waals surface area contributed by atoms with Crippen LogP contribution in [0.25, 0.3) is 0 Å². The van der Waals surface area contributed by atoms with E-state index >= 15 is 0 Å². The number of hydrogen-bond acceptors (Lipinski definition) is 5. The first-order valence-corrected chi connectivity index (χ1v) is 7.23. The second-order valence-corrected chi connectivity index (χ2v) is 5.78. The summed E-state index contributed by atoms with van der Waals surface area (Å²) in [5, 5.41) is 4.10. The number of methoxy groups -OCH3 is 1. The van der Waals surface area contributed by atoms with E-state index < -0.39 is 0 Å². The zero-order valence-corrected chi connectivity index (χ0v) is 12.1. The molecule has 0 radical (unpaired) electrons.